The summed E-state index contributed by atoms with van der Waals surface area (Å²) in [4.78, 5) is 32.7. The number of aromatic nitrogens is 2. The van der Waals surface area contributed by atoms with E-state index in [4.69, 9.17) is 5.26 Å². The Morgan fingerprint density at radius 2 is 1.69 bits per heavy atom. The zero-order valence-electron chi connectivity index (χ0n) is 19.1. The molecule has 0 atom stereocenters. The molecule has 35 heavy (non-hydrogen) atoms. The molecule has 0 aliphatic carbocycles. The zero-order chi connectivity index (χ0) is 24.5. The smallest absolute Gasteiger partial charge is 0.282 e. The van der Waals surface area contributed by atoms with Gasteiger partial charge in [0.05, 0.1) is 28.4 Å². The molecule has 1 aliphatic heterocycles. The molecule has 5 rings (SSSR count). The van der Waals surface area contributed by atoms with Crippen molar-refractivity contribution in [2.24, 2.45) is 0 Å². The number of amides is 1. The molecule has 0 spiro atoms. The number of pyridine rings is 1. The summed E-state index contributed by atoms with van der Waals surface area (Å²) in [5.41, 5.74) is 4.32. The van der Waals surface area contributed by atoms with Gasteiger partial charge in [0.15, 0.2) is 0 Å². The van der Waals surface area contributed by atoms with Crippen LogP contribution in [-0.2, 0) is 0 Å². The van der Waals surface area contributed by atoms with Gasteiger partial charge < -0.3 is 9.80 Å². The molecule has 174 valence electrons. The number of fused-ring (bicyclic) bond motifs is 1. The van der Waals surface area contributed by atoms with E-state index in [1.165, 1.54) is 6.07 Å². The van der Waals surface area contributed by atoms with Crippen LogP contribution in [0.1, 0.15) is 15.9 Å². The van der Waals surface area contributed by atoms with E-state index < -0.39 is 4.92 Å². The van der Waals surface area contributed by atoms with Gasteiger partial charge in [0.25, 0.3) is 11.6 Å². The van der Waals surface area contributed by atoms with Crippen LogP contribution in [0.2, 0.25) is 0 Å². The first kappa shape index (κ1) is 22.3. The number of hydrogen-bond acceptors (Lipinski definition) is 6. The first-order valence-corrected chi connectivity index (χ1v) is 11.2. The third-order valence-corrected chi connectivity index (χ3v) is 6.36. The number of imidazole rings is 1. The number of nitro benzene ring substituents is 1. The molecule has 1 aliphatic rings. The van der Waals surface area contributed by atoms with E-state index in [-0.39, 0.29) is 17.2 Å². The first-order chi connectivity index (χ1) is 16.9. The summed E-state index contributed by atoms with van der Waals surface area (Å²) >= 11 is 0. The average Bonchev–Trinajstić information content (AvgIpc) is 3.31. The Kier molecular flexibility index (Phi) is 5.73. The maximum Gasteiger partial charge on any atom is 0.282 e. The Balaban J connectivity index is 1.51. The summed E-state index contributed by atoms with van der Waals surface area (Å²) in [5, 5.41) is 20.9. The molecule has 4 aromatic rings. The van der Waals surface area contributed by atoms with Gasteiger partial charge in [-0.3, -0.25) is 19.3 Å². The maximum atomic E-state index is 13.0. The highest BCUT2D eigenvalue weighted by Gasteiger charge is 2.27. The largest absolute Gasteiger partial charge is 0.336 e. The summed E-state index contributed by atoms with van der Waals surface area (Å²) in [6, 6.07) is 17.8. The highest BCUT2D eigenvalue weighted by atomic mass is 16.6. The van der Waals surface area contributed by atoms with Crippen LogP contribution < -0.4 is 0 Å². The standard InChI is InChI=1S/C26H22N6O3/c1-29-10-12-30(13-11-29)26(33)22-8-6-20(14-23(22)32(34)35)21-7-9-25-28-16-24(31(25)17-21)19-4-2-18(15-27)3-5-19/h2-9,14,16-17H,10-13H2,1H3. The van der Waals surface area contributed by atoms with Gasteiger partial charge in [0, 0.05) is 44.0 Å². The number of likely N-dealkylation sites (N-methyl/N-ethyl adjacent to an activating group) is 1. The van der Waals surface area contributed by atoms with Crippen molar-refractivity contribution in [3.05, 3.63) is 88.2 Å². The summed E-state index contributed by atoms with van der Waals surface area (Å²) in [5.74, 6) is -0.315. The van der Waals surface area contributed by atoms with Crippen molar-refractivity contribution >= 4 is 17.2 Å². The van der Waals surface area contributed by atoms with Gasteiger partial charge in [-0.25, -0.2) is 4.98 Å². The van der Waals surface area contributed by atoms with Crippen LogP contribution in [0.5, 0.6) is 0 Å². The lowest BCUT2D eigenvalue weighted by atomic mass is 10.0. The predicted octanol–water partition coefficient (Wildman–Crippen LogP) is 3.84. The van der Waals surface area contributed by atoms with Gasteiger partial charge in [-0.05, 0) is 48.5 Å². The number of benzene rings is 2. The van der Waals surface area contributed by atoms with Crippen molar-refractivity contribution < 1.29 is 9.72 Å². The molecule has 0 saturated carbocycles. The number of rotatable bonds is 4. The van der Waals surface area contributed by atoms with E-state index in [2.05, 4.69) is 16.0 Å². The van der Waals surface area contributed by atoms with E-state index in [9.17, 15) is 14.9 Å². The Labute approximate surface area is 201 Å². The second-order valence-electron chi connectivity index (χ2n) is 8.56. The molecule has 2 aromatic carbocycles. The van der Waals surface area contributed by atoms with Crippen molar-refractivity contribution in [2.45, 2.75) is 0 Å². The van der Waals surface area contributed by atoms with E-state index in [1.54, 1.807) is 35.4 Å². The van der Waals surface area contributed by atoms with Crippen LogP contribution >= 0.6 is 0 Å². The Morgan fingerprint density at radius 1 is 1.00 bits per heavy atom. The first-order valence-electron chi connectivity index (χ1n) is 11.2. The zero-order valence-corrected chi connectivity index (χ0v) is 19.1. The van der Waals surface area contributed by atoms with E-state index in [0.29, 0.717) is 24.2 Å². The van der Waals surface area contributed by atoms with E-state index >= 15 is 0 Å². The lowest BCUT2D eigenvalue weighted by molar-refractivity contribution is -0.385. The van der Waals surface area contributed by atoms with Crippen molar-refractivity contribution in [3.8, 4) is 28.5 Å². The lowest BCUT2D eigenvalue weighted by Gasteiger charge is -2.32. The van der Waals surface area contributed by atoms with Crippen molar-refractivity contribution in [3.63, 3.8) is 0 Å². The SMILES string of the molecule is CN1CCN(C(=O)c2ccc(-c3ccc4ncc(-c5ccc(C#N)cc5)n4c3)cc2[N+](=O)[O-])CC1. The van der Waals surface area contributed by atoms with Gasteiger partial charge in [0.2, 0.25) is 0 Å². The minimum atomic E-state index is -0.495. The van der Waals surface area contributed by atoms with Crippen LogP contribution in [0, 0.1) is 21.4 Å². The molecule has 1 fully saturated rings. The Bertz CT molecular complexity index is 1480. The van der Waals surface area contributed by atoms with Gasteiger partial charge in [-0.1, -0.05) is 18.2 Å². The molecule has 0 N–H and O–H groups in total. The average molecular weight is 467 g/mol. The second-order valence-corrected chi connectivity index (χ2v) is 8.56. The topological polar surface area (TPSA) is 108 Å². The molecule has 0 bridgehead atoms. The second kappa shape index (κ2) is 9.00. The third kappa shape index (κ3) is 4.23. The lowest BCUT2D eigenvalue weighted by Crippen LogP contribution is -2.47. The van der Waals surface area contributed by atoms with Crippen LogP contribution in [0.25, 0.3) is 28.0 Å². The fourth-order valence-corrected chi connectivity index (χ4v) is 4.30. The molecule has 0 unspecified atom stereocenters. The summed E-state index contributed by atoms with van der Waals surface area (Å²) in [7, 11) is 1.99. The molecule has 0 radical (unpaired) electrons. The Hall–Kier alpha value is -4.55. The van der Waals surface area contributed by atoms with E-state index in [1.807, 2.05) is 41.9 Å². The number of nitriles is 1. The van der Waals surface area contributed by atoms with Crippen LogP contribution in [0.4, 0.5) is 5.69 Å². The van der Waals surface area contributed by atoms with Crippen LogP contribution in [0.15, 0.2) is 67.0 Å². The summed E-state index contributed by atoms with van der Waals surface area (Å²) < 4.78 is 1.91. The van der Waals surface area contributed by atoms with Gasteiger partial charge in [0.1, 0.15) is 11.2 Å². The molecule has 2 aromatic heterocycles. The van der Waals surface area contributed by atoms with Gasteiger partial charge >= 0.3 is 0 Å². The molecule has 1 amide bonds. The minimum absolute atomic E-state index is 0.102. The monoisotopic (exact) mass is 466 g/mol. The summed E-state index contributed by atoms with van der Waals surface area (Å²) in [6.45, 7) is 2.57. The number of piperazine rings is 1. The quantitative estimate of drug-likeness (QED) is 0.334. The van der Waals surface area contributed by atoms with Crippen LogP contribution in [-0.4, -0.2) is 63.2 Å². The number of carbonyl (C=O) groups is 1. The minimum Gasteiger partial charge on any atom is -0.336 e. The van der Waals surface area contributed by atoms with Crippen molar-refractivity contribution in [1.29, 1.82) is 5.26 Å². The van der Waals surface area contributed by atoms with Crippen LogP contribution in [0.3, 0.4) is 0 Å². The number of nitro groups is 1. The maximum absolute atomic E-state index is 13.0. The van der Waals surface area contributed by atoms with E-state index in [0.717, 1.165) is 35.6 Å². The van der Waals surface area contributed by atoms with Gasteiger partial charge in [-0.15, -0.1) is 0 Å². The van der Waals surface area contributed by atoms with Crippen molar-refractivity contribution in [1.82, 2.24) is 19.2 Å². The number of nitrogens with zero attached hydrogens (tertiary/aromatic N) is 6. The fraction of sp³-hybridized carbons (Fsp3) is 0.192. The third-order valence-electron chi connectivity index (χ3n) is 6.36. The normalized spacial score (nSPS) is 14.1. The highest BCUT2D eigenvalue weighted by Crippen LogP contribution is 2.30. The molecule has 9 nitrogen and oxygen atoms in total. The highest BCUT2D eigenvalue weighted by molar-refractivity contribution is 5.99. The Morgan fingerprint density at radius 3 is 2.37 bits per heavy atom. The van der Waals surface area contributed by atoms with Crippen molar-refractivity contribution in [2.75, 3.05) is 33.2 Å². The molecular weight excluding hydrogens is 444 g/mol. The number of hydrogen-bond donors (Lipinski definition) is 0. The number of carbonyl (C=O) groups excluding carboxylic acids is 1. The fourth-order valence-electron chi connectivity index (χ4n) is 4.30. The van der Waals surface area contributed by atoms with Gasteiger partial charge in [-0.2, -0.15) is 5.26 Å². The molecule has 1 saturated heterocycles. The summed E-state index contributed by atoms with van der Waals surface area (Å²) in [6.07, 6.45) is 3.62. The molecule has 9 heteroatoms. The predicted molar refractivity (Wildman–Crippen MR) is 131 cm³/mol. The molecule has 3 heterocycles. The molecular formula is C26H22N6O3.